The van der Waals surface area contributed by atoms with Gasteiger partial charge in [-0.3, -0.25) is 4.98 Å². The van der Waals surface area contributed by atoms with Gasteiger partial charge in [-0.05, 0) is 31.4 Å². The van der Waals surface area contributed by atoms with Crippen molar-refractivity contribution in [3.63, 3.8) is 0 Å². The lowest BCUT2D eigenvalue weighted by atomic mass is 10.1. The smallest absolute Gasteiger partial charge is 0.0943 e. The summed E-state index contributed by atoms with van der Waals surface area (Å²) < 4.78 is 0. The molecule has 2 heterocycles. The van der Waals surface area contributed by atoms with Gasteiger partial charge in [0.25, 0.3) is 0 Å². The minimum Gasteiger partial charge on any atom is -0.327 e. The van der Waals surface area contributed by atoms with Crippen LogP contribution < -0.4 is 5.73 Å². The molecule has 3 nitrogen and oxygen atoms in total. The van der Waals surface area contributed by atoms with Gasteiger partial charge in [0.05, 0.1) is 5.01 Å². The molecule has 0 saturated heterocycles. The lowest BCUT2D eigenvalue weighted by Gasteiger charge is -2.09. The molecular weight excluding hydrogens is 230 g/mol. The Bertz CT molecular complexity index is 453. The van der Waals surface area contributed by atoms with Crippen LogP contribution in [0, 0.1) is 6.92 Å². The van der Waals surface area contributed by atoms with Crippen LogP contribution in [0.4, 0.5) is 0 Å². The molecule has 2 aromatic heterocycles. The minimum atomic E-state index is 0.181. The van der Waals surface area contributed by atoms with E-state index in [4.69, 9.17) is 5.73 Å². The molecular formula is C13H17N3S. The first-order chi connectivity index (χ1) is 8.24. The van der Waals surface area contributed by atoms with E-state index in [-0.39, 0.29) is 6.04 Å². The highest BCUT2D eigenvalue weighted by Crippen LogP contribution is 2.12. The Morgan fingerprint density at radius 2 is 2.35 bits per heavy atom. The Kier molecular flexibility index (Phi) is 4.23. The molecule has 0 aliphatic rings. The second-order valence-corrected chi connectivity index (χ2v) is 5.19. The zero-order valence-corrected chi connectivity index (χ0v) is 10.8. The average molecular weight is 247 g/mol. The fourth-order valence-corrected chi connectivity index (χ4v) is 2.59. The summed E-state index contributed by atoms with van der Waals surface area (Å²) in [6.45, 7) is 2.02. The summed E-state index contributed by atoms with van der Waals surface area (Å²) in [6, 6.07) is 4.24. The molecule has 1 unspecified atom stereocenters. The first kappa shape index (κ1) is 12.2. The number of aromatic nitrogens is 2. The maximum Gasteiger partial charge on any atom is 0.0943 e. The quantitative estimate of drug-likeness (QED) is 0.882. The summed E-state index contributed by atoms with van der Waals surface area (Å²) in [4.78, 5) is 8.53. The van der Waals surface area contributed by atoms with Gasteiger partial charge in [-0.2, -0.15) is 0 Å². The van der Waals surface area contributed by atoms with Gasteiger partial charge in [0, 0.05) is 35.9 Å². The van der Waals surface area contributed by atoms with Crippen LogP contribution in [0.5, 0.6) is 0 Å². The van der Waals surface area contributed by atoms with Crippen molar-refractivity contribution < 1.29 is 0 Å². The summed E-state index contributed by atoms with van der Waals surface area (Å²) in [5, 5.41) is 3.21. The molecule has 4 heteroatoms. The van der Waals surface area contributed by atoms with Crippen molar-refractivity contribution in [2.24, 2.45) is 5.73 Å². The van der Waals surface area contributed by atoms with Crippen LogP contribution in [-0.2, 0) is 12.8 Å². The highest BCUT2D eigenvalue weighted by molar-refractivity contribution is 7.09. The van der Waals surface area contributed by atoms with Crippen molar-refractivity contribution in [1.29, 1.82) is 0 Å². The van der Waals surface area contributed by atoms with Gasteiger partial charge >= 0.3 is 0 Å². The Morgan fingerprint density at radius 3 is 3.00 bits per heavy atom. The van der Waals surface area contributed by atoms with Crippen molar-refractivity contribution >= 4 is 11.3 Å². The van der Waals surface area contributed by atoms with E-state index in [0.29, 0.717) is 0 Å². The van der Waals surface area contributed by atoms with E-state index >= 15 is 0 Å². The van der Waals surface area contributed by atoms with E-state index in [1.54, 1.807) is 17.5 Å². The maximum absolute atomic E-state index is 6.11. The van der Waals surface area contributed by atoms with E-state index in [2.05, 4.69) is 21.4 Å². The van der Waals surface area contributed by atoms with E-state index < -0.39 is 0 Å². The van der Waals surface area contributed by atoms with Crippen molar-refractivity contribution in [1.82, 2.24) is 9.97 Å². The van der Waals surface area contributed by atoms with Crippen molar-refractivity contribution in [3.05, 3.63) is 46.2 Å². The highest BCUT2D eigenvalue weighted by atomic mass is 32.1. The molecule has 2 aromatic rings. The fraction of sp³-hybridized carbons (Fsp3) is 0.385. The van der Waals surface area contributed by atoms with Crippen LogP contribution in [0.2, 0.25) is 0 Å². The molecule has 17 heavy (non-hydrogen) atoms. The van der Waals surface area contributed by atoms with E-state index in [1.807, 2.05) is 19.2 Å². The van der Waals surface area contributed by atoms with Crippen molar-refractivity contribution in [3.8, 4) is 0 Å². The number of pyridine rings is 1. The third kappa shape index (κ3) is 3.91. The van der Waals surface area contributed by atoms with Gasteiger partial charge in [0.1, 0.15) is 0 Å². The summed E-state index contributed by atoms with van der Waals surface area (Å²) in [6.07, 6.45) is 6.53. The highest BCUT2D eigenvalue weighted by Gasteiger charge is 2.07. The molecule has 0 aromatic carbocycles. The lowest BCUT2D eigenvalue weighted by molar-refractivity contribution is 0.607. The molecule has 2 N–H and O–H groups in total. The number of aryl methyl sites for hydroxylation is 2. The predicted octanol–water partition coefficient (Wildman–Crippen LogP) is 2.35. The third-order valence-electron chi connectivity index (χ3n) is 2.63. The third-order valence-corrected chi connectivity index (χ3v) is 3.62. The summed E-state index contributed by atoms with van der Waals surface area (Å²) >= 11 is 1.70. The number of nitrogens with two attached hydrogens (primary N) is 1. The van der Waals surface area contributed by atoms with Crippen LogP contribution in [0.25, 0.3) is 0 Å². The molecule has 0 saturated carbocycles. The second kappa shape index (κ2) is 5.89. The molecule has 0 bridgehead atoms. The number of rotatable bonds is 5. The van der Waals surface area contributed by atoms with Crippen molar-refractivity contribution in [2.75, 3.05) is 0 Å². The molecule has 0 aliphatic carbocycles. The average Bonchev–Trinajstić information content (AvgIpc) is 2.73. The number of thiazole rings is 1. The van der Waals surface area contributed by atoms with Gasteiger partial charge in [0.2, 0.25) is 0 Å². The first-order valence-corrected chi connectivity index (χ1v) is 6.67. The minimum absolute atomic E-state index is 0.181. The molecule has 0 spiro atoms. The Labute approximate surface area is 106 Å². The number of hydrogen-bond acceptors (Lipinski definition) is 4. The Hall–Kier alpha value is -1.26. The topological polar surface area (TPSA) is 51.8 Å². The normalized spacial score (nSPS) is 12.6. The maximum atomic E-state index is 6.11. The SMILES string of the molecule is Cc1csc(CC(N)CCc2cccnc2)n1. The summed E-state index contributed by atoms with van der Waals surface area (Å²) in [5.41, 5.74) is 8.44. The Balaban J connectivity index is 1.80. The molecule has 90 valence electrons. The van der Waals surface area contributed by atoms with E-state index in [0.717, 1.165) is 30.0 Å². The van der Waals surface area contributed by atoms with Crippen molar-refractivity contribution in [2.45, 2.75) is 32.2 Å². The number of hydrogen-bond donors (Lipinski definition) is 1. The molecule has 2 rings (SSSR count). The second-order valence-electron chi connectivity index (χ2n) is 4.25. The van der Waals surface area contributed by atoms with Gasteiger partial charge in [-0.25, -0.2) is 4.98 Å². The fourth-order valence-electron chi connectivity index (χ4n) is 1.72. The Morgan fingerprint density at radius 1 is 1.47 bits per heavy atom. The largest absolute Gasteiger partial charge is 0.327 e. The lowest BCUT2D eigenvalue weighted by Crippen LogP contribution is -2.23. The van der Waals surface area contributed by atoms with Crippen LogP contribution in [0.3, 0.4) is 0 Å². The van der Waals surface area contributed by atoms with E-state index in [1.165, 1.54) is 5.56 Å². The molecule has 0 amide bonds. The van der Waals surface area contributed by atoms with Crippen LogP contribution in [0.15, 0.2) is 29.9 Å². The van der Waals surface area contributed by atoms with E-state index in [9.17, 15) is 0 Å². The first-order valence-electron chi connectivity index (χ1n) is 5.79. The zero-order chi connectivity index (χ0) is 12.1. The monoisotopic (exact) mass is 247 g/mol. The molecule has 0 aliphatic heterocycles. The molecule has 0 fully saturated rings. The molecule has 0 radical (unpaired) electrons. The van der Waals surface area contributed by atoms with Crippen LogP contribution >= 0.6 is 11.3 Å². The van der Waals surface area contributed by atoms with Gasteiger partial charge < -0.3 is 5.73 Å². The molecule has 1 atom stereocenters. The van der Waals surface area contributed by atoms with Gasteiger partial charge in [-0.1, -0.05) is 6.07 Å². The number of nitrogens with zero attached hydrogens (tertiary/aromatic N) is 2. The standard InChI is InChI=1S/C13H17N3S/c1-10-9-17-13(16-10)7-12(14)5-4-11-3-2-6-15-8-11/h2-3,6,8-9,12H,4-5,7,14H2,1H3. The summed E-state index contributed by atoms with van der Waals surface area (Å²) in [7, 11) is 0. The predicted molar refractivity (Wildman–Crippen MR) is 71.1 cm³/mol. The summed E-state index contributed by atoms with van der Waals surface area (Å²) in [5.74, 6) is 0. The van der Waals surface area contributed by atoms with Crippen LogP contribution in [-0.4, -0.2) is 16.0 Å². The van der Waals surface area contributed by atoms with Crippen LogP contribution in [0.1, 0.15) is 22.7 Å². The van der Waals surface area contributed by atoms with Gasteiger partial charge in [0.15, 0.2) is 0 Å². The zero-order valence-electron chi connectivity index (χ0n) is 9.97. The van der Waals surface area contributed by atoms with Gasteiger partial charge in [-0.15, -0.1) is 11.3 Å².